The van der Waals surface area contributed by atoms with Gasteiger partial charge in [-0.25, -0.2) is 0 Å². The monoisotopic (exact) mass is 217 g/mol. The van der Waals surface area contributed by atoms with Crippen LogP contribution in [-0.2, 0) is 18.3 Å². The second kappa shape index (κ2) is 3.94. The number of hydrogen-bond donors (Lipinski definition) is 1. The minimum atomic E-state index is 0.454. The van der Waals surface area contributed by atoms with E-state index in [1.807, 2.05) is 0 Å². The Hall–Kier alpha value is -0.720. The molecule has 2 aliphatic rings. The van der Waals surface area contributed by atoms with Crippen molar-refractivity contribution in [2.75, 3.05) is 0 Å². The van der Waals surface area contributed by atoms with Gasteiger partial charge in [0, 0.05) is 16.8 Å². The molecule has 0 aromatic carbocycles. The third kappa shape index (κ3) is 1.70. The Morgan fingerprint density at radius 1 is 1.00 bits per heavy atom. The van der Waals surface area contributed by atoms with E-state index in [1.54, 1.807) is 17.0 Å². The Bertz CT molecular complexity index is 345. The maximum absolute atomic E-state index is 3.74. The van der Waals surface area contributed by atoms with Crippen molar-refractivity contribution >= 4 is 0 Å². The number of aromatic nitrogens is 1. The van der Waals surface area contributed by atoms with Gasteiger partial charge in [-0.05, 0) is 50.2 Å². The first-order chi connectivity index (χ1) is 7.78. The summed E-state index contributed by atoms with van der Waals surface area (Å²) in [6.07, 6.45) is 12.4. The lowest BCUT2D eigenvalue weighted by Crippen LogP contribution is -2.25. The molecule has 0 radical (unpaired) electrons. The molecule has 0 saturated heterocycles. The van der Waals surface area contributed by atoms with Gasteiger partial charge in [0.2, 0.25) is 0 Å². The summed E-state index contributed by atoms with van der Waals surface area (Å²) in [6.45, 7) is 2.46. The largest absolute Gasteiger partial charge is 0.362 e. The maximum atomic E-state index is 3.74. The van der Waals surface area contributed by atoms with E-state index in [0.29, 0.717) is 5.41 Å². The molecule has 0 unspecified atom stereocenters. The molecule has 1 heterocycles. The van der Waals surface area contributed by atoms with E-state index in [4.69, 9.17) is 0 Å². The molecular weight excluding hydrogens is 194 g/mol. The van der Waals surface area contributed by atoms with Crippen molar-refractivity contribution in [2.45, 2.75) is 70.1 Å². The molecule has 1 nitrogen and oxygen atoms in total. The summed E-state index contributed by atoms with van der Waals surface area (Å²) in [5.74, 6) is 0. The van der Waals surface area contributed by atoms with Gasteiger partial charge in [0.15, 0.2) is 0 Å². The van der Waals surface area contributed by atoms with Crippen LogP contribution < -0.4 is 0 Å². The molecule has 0 amide bonds. The third-order valence-corrected chi connectivity index (χ3v) is 4.72. The first-order valence-corrected chi connectivity index (χ1v) is 6.99. The van der Waals surface area contributed by atoms with Crippen molar-refractivity contribution in [3.63, 3.8) is 0 Å². The molecule has 1 fully saturated rings. The number of H-pyrrole nitrogens is 1. The standard InChI is InChI=1S/C15H23N/c1-15(9-5-2-6-10-15)14-11-12-7-3-4-8-13(12)16-14/h11,16H,2-10H2,1H3. The van der Waals surface area contributed by atoms with Crippen LogP contribution in [-0.4, -0.2) is 4.98 Å². The summed E-state index contributed by atoms with van der Waals surface area (Å²) in [6, 6.07) is 2.49. The number of rotatable bonds is 1. The van der Waals surface area contributed by atoms with Gasteiger partial charge in [-0.15, -0.1) is 0 Å². The molecule has 3 rings (SSSR count). The zero-order valence-corrected chi connectivity index (χ0v) is 10.4. The van der Waals surface area contributed by atoms with Crippen molar-refractivity contribution in [1.29, 1.82) is 0 Å². The molecule has 1 saturated carbocycles. The summed E-state index contributed by atoms with van der Waals surface area (Å²) >= 11 is 0. The van der Waals surface area contributed by atoms with Crippen molar-refractivity contribution in [3.05, 3.63) is 23.0 Å². The Kier molecular flexibility index (Phi) is 2.57. The SMILES string of the molecule is CC1(c2cc3c([nH]2)CCCC3)CCCCC1. The predicted octanol–water partition coefficient (Wildman–Crippen LogP) is 4.12. The predicted molar refractivity (Wildman–Crippen MR) is 67.9 cm³/mol. The van der Waals surface area contributed by atoms with Crippen LogP contribution in [0.3, 0.4) is 0 Å². The number of aromatic amines is 1. The lowest BCUT2D eigenvalue weighted by atomic mass is 9.73. The van der Waals surface area contributed by atoms with Crippen molar-refractivity contribution in [3.8, 4) is 0 Å². The molecule has 0 aliphatic heterocycles. The zero-order valence-electron chi connectivity index (χ0n) is 10.4. The van der Waals surface area contributed by atoms with Gasteiger partial charge in [-0.3, -0.25) is 0 Å². The van der Waals surface area contributed by atoms with Crippen LogP contribution in [0.25, 0.3) is 0 Å². The Morgan fingerprint density at radius 3 is 2.50 bits per heavy atom. The topological polar surface area (TPSA) is 15.8 Å². The highest BCUT2D eigenvalue weighted by Gasteiger charge is 2.31. The summed E-state index contributed by atoms with van der Waals surface area (Å²) < 4.78 is 0. The Morgan fingerprint density at radius 2 is 1.75 bits per heavy atom. The number of hydrogen-bond acceptors (Lipinski definition) is 0. The summed E-state index contributed by atoms with van der Waals surface area (Å²) in [5.41, 5.74) is 5.16. The highest BCUT2D eigenvalue weighted by molar-refractivity contribution is 5.32. The van der Waals surface area contributed by atoms with Crippen molar-refractivity contribution < 1.29 is 0 Å². The quantitative estimate of drug-likeness (QED) is 0.728. The van der Waals surface area contributed by atoms with E-state index >= 15 is 0 Å². The fourth-order valence-corrected chi connectivity index (χ4v) is 3.53. The van der Waals surface area contributed by atoms with E-state index in [2.05, 4.69) is 18.0 Å². The molecule has 0 atom stereocenters. The summed E-state index contributed by atoms with van der Waals surface area (Å²) in [4.78, 5) is 3.74. The van der Waals surface area contributed by atoms with Gasteiger partial charge in [0.25, 0.3) is 0 Å². The highest BCUT2D eigenvalue weighted by atomic mass is 14.8. The molecule has 1 N–H and O–H groups in total. The lowest BCUT2D eigenvalue weighted by Gasteiger charge is -2.32. The summed E-state index contributed by atoms with van der Waals surface area (Å²) in [5, 5.41) is 0. The smallest absolute Gasteiger partial charge is 0.0212 e. The molecule has 1 aromatic heterocycles. The molecule has 0 bridgehead atoms. The van der Waals surface area contributed by atoms with Crippen LogP contribution in [0.15, 0.2) is 6.07 Å². The average molecular weight is 217 g/mol. The molecule has 16 heavy (non-hydrogen) atoms. The van der Waals surface area contributed by atoms with Gasteiger partial charge in [-0.1, -0.05) is 26.2 Å². The van der Waals surface area contributed by atoms with E-state index in [1.165, 1.54) is 57.8 Å². The van der Waals surface area contributed by atoms with Crippen molar-refractivity contribution in [2.24, 2.45) is 0 Å². The molecular formula is C15H23N. The van der Waals surface area contributed by atoms with Crippen LogP contribution in [0.4, 0.5) is 0 Å². The number of nitrogens with one attached hydrogen (secondary N) is 1. The third-order valence-electron chi connectivity index (χ3n) is 4.72. The second-order valence-corrected chi connectivity index (χ2v) is 6.02. The van der Waals surface area contributed by atoms with Gasteiger partial charge < -0.3 is 4.98 Å². The molecule has 2 aliphatic carbocycles. The van der Waals surface area contributed by atoms with Gasteiger partial charge in [0.05, 0.1) is 0 Å². The molecule has 88 valence electrons. The highest BCUT2D eigenvalue weighted by Crippen LogP contribution is 2.39. The normalized spacial score (nSPS) is 24.1. The fourth-order valence-electron chi connectivity index (χ4n) is 3.53. The fraction of sp³-hybridized carbons (Fsp3) is 0.733. The van der Waals surface area contributed by atoms with E-state index in [0.717, 1.165) is 0 Å². The number of fused-ring (bicyclic) bond motifs is 1. The van der Waals surface area contributed by atoms with E-state index in [-0.39, 0.29) is 0 Å². The minimum Gasteiger partial charge on any atom is -0.362 e. The zero-order chi connectivity index (χ0) is 11.0. The maximum Gasteiger partial charge on any atom is 0.0212 e. The van der Waals surface area contributed by atoms with Crippen molar-refractivity contribution in [1.82, 2.24) is 4.98 Å². The Labute approximate surface area is 98.6 Å². The number of aryl methyl sites for hydroxylation is 2. The van der Waals surface area contributed by atoms with Crippen LogP contribution in [0.1, 0.15) is 68.8 Å². The van der Waals surface area contributed by atoms with Crippen LogP contribution >= 0.6 is 0 Å². The first-order valence-electron chi connectivity index (χ1n) is 6.99. The molecule has 0 spiro atoms. The van der Waals surface area contributed by atoms with E-state index in [9.17, 15) is 0 Å². The molecule has 1 heteroatoms. The van der Waals surface area contributed by atoms with E-state index < -0.39 is 0 Å². The van der Waals surface area contributed by atoms with Crippen LogP contribution in [0.5, 0.6) is 0 Å². The van der Waals surface area contributed by atoms with Gasteiger partial charge in [-0.2, -0.15) is 0 Å². The minimum absolute atomic E-state index is 0.454. The average Bonchev–Trinajstić information content (AvgIpc) is 2.74. The first kappa shape index (κ1) is 10.4. The molecule has 1 aromatic rings. The van der Waals surface area contributed by atoms with Gasteiger partial charge in [0.1, 0.15) is 0 Å². The lowest BCUT2D eigenvalue weighted by molar-refractivity contribution is 0.313. The van der Waals surface area contributed by atoms with Crippen LogP contribution in [0, 0.1) is 0 Å². The van der Waals surface area contributed by atoms with Gasteiger partial charge >= 0.3 is 0 Å². The Balaban J connectivity index is 1.90. The summed E-state index contributed by atoms with van der Waals surface area (Å²) in [7, 11) is 0. The second-order valence-electron chi connectivity index (χ2n) is 6.02. The van der Waals surface area contributed by atoms with Crippen LogP contribution in [0.2, 0.25) is 0 Å².